The van der Waals surface area contributed by atoms with Crippen molar-refractivity contribution in [2.75, 3.05) is 10.6 Å². The van der Waals surface area contributed by atoms with E-state index in [-0.39, 0.29) is 17.5 Å². The Morgan fingerprint density at radius 3 is 2.50 bits per heavy atom. The fraction of sp³-hybridized carbons (Fsp3) is 0.154. The molecule has 2 aromatic rings. The van der Waals surface area contributed by atoms with Crippen LogP contribution in [0.25, 0.3) is 0 Å². The van der Waals surface area contributed by atoms with Gasteiger partial charge < -0.3 is 10.4 Å². The van der Waals surface area contributed by atoms with Crippen molar-refractivity contribution >= 4 is 17.6 Å². The number of aryl methyl sites for hydroxylation is 1. The lowest BCUT2D eigenvalue weighted by Gasteiger charge is -2.15. The van der Waals surface area contributed by atoms with E-state index in [9.17, 15) is 18.3 Å². The third-order valence-corrected chi connectivity index (χ3v) is 2.57. The molecule has 22 heavy (non-hydrogen) atoms. The summed E-state index contributed by atoms with van der Waals surface area (Å²) in [5.74, 6) is -0.861. The summed E-state index contributed by atoms with van der Waals surface area (Å²) in [6, 6.07) is 6.09. The van der Waals surface area contributed by atoms with Crippen LogP contribution in [0.3, 0.4) is 0 Å². The van der Waals surface area contributed by atoms with Crippen LogP contribution in [0.5, 0.6) is 5.88 Å². The number of rotatable bonds is 2. The Hall–Kier alpha value is -2.84. The van der Waals surface area contributed by atoms with Crippen molar-refractivity contribution in [3.63, 3.8) is 0 Å². The van der Waals surface area contributed by atoms with E-state index in [1.54, 1.807) is 6.92 Å². The van der Waals surface area contributed by atoms with Gasteiger partial charge in [0.05, 0.1) is 11.3 Å². The van der Waals surface area contributed by atoms with Gasteiger partial charge >= 0.3 is 6.18 Å². The van der Waals surface area contributed by atoms with Gasteiger partial charge in [-0.3, -0.25) is 10.7 Å². The molecule has 0 radical (unpaired) electrons. The van der Waals surface area contributed by atoms with Crippen molar-refractivity contribution in [2.24, 2.45) is 0 Å². The first-order valence-corrected chi connectivity index (χ1v) is 6.09. The lowest BCUT2D eigenvalue weighted by atomic mass is 10.1. The van der Waals surface area contributed by atoms with E-state index < -0.39 is 17.7 Å². The third-order valence-electron chi connectivity index (χ3n) is 2.57. The standard InChI is InChI=1S/C13H12F3N5O/c1-7-6-10(22)20-12(18-7)21-11(17)19-9-5-3-2-4-8(9)13(14,15)16/h2-6H,1H3,(H4,17,18,19,20,21,22). The van der Waals surface area contributed by atoms with E-state index in [4.69, 9.17) is 5.41 Å². The van der Waals surface area contributed by atoms with Gasteiger partial charge in [-0.25, -0.2) is 4.98 Å². The van der Waals surface area contributed by atoms with Gasteiger partial charge in [0.15, 0.2) is 5.96 Å². The van der Waals surface area contributed by atoms with Crippen LogP contribution in [0.1, 0.15) is 11.3 Å². The van der Waals surface area contributed by atoms with Crippen molar-refractivity contribution in [3.05, 3.63) is 41.6 Å². The summed E-state index contributed by atoms with van der Waals surface area (Å²) in [6.07, 6.45) is -4.54. The Labute approximate surface area is 123 Å². The van der Waals surface area contributed by atoms with Crippen molar-refractivity contribution in [1.82, 2.24) is 9.97 Å². The number of para-hydroxylation sites is 1. The zero-order chi connectivity index (χ0) is 16.3. The largest absolute Gasteiger partial charge is 0.493 e. The van der Waals surface area contributed by atoms with Gasteiger partial charge in [0.1, 0.15) is 0 Å². The Morgan fingerprint density at radius 2 is 1.86 bits per heavy atom. The predicted molar refractivity (Wildman–Crippen MR) is 74.8 cm³/mol. The zero-order valence-corrected chi connectivity index (χ0v) is 11.4. The summed E-state index contributed by atoms with van der Waals surface area (Å²) in [5.41, 5.74) is -0.725. The van der Waals surface area contributed by atoms with E-state index in [1.807, 2.05) is 0 Å². The number of anilines is 2. The second-order valence-corrected chi connectivity index (χ2v) is 4.36. The van der Waals surface area contributed by atoms with Crippen LogP contribution < -0.4 is 10.6 Å². The minimum Gasteiger partial charge on any atom is -0.493 e. The van der Waals surface area contributed by atoms with Gasteiger partial charge in [-0.2, -0.15) is 18.2 Å². The first-order chi connectivity index (χ1) is 10.3. The Balaban J connectivity index is 2.16. The number of aromatic nitrogens is 2. The van der Waals surface area contributed by atoms with Crippen LogP contribution in [-0.2, 0) is 6.18 Å². The quantitative estimate of drug-likeness (QED) is 0.505. The Morgan fingerprint density at radius 1 is 1.18 bits per heavy atom. The SMILES string of the molecule is Cc1cc(O)nc(NC(=N)Nc2ccccc2C(F)(F)F)n1. The molecule has 0 spiro atoms. The number of hydrogen-bond donors (Lipinski definition) is 4. The number of benzene rings is 1. The van der Waals surface area contributed by atoms with Crippen LogP contribution in [-0.4, -0.2) is 21.0 Å². The van der Waals surface area contributed by atoms with Gasteiger partial charge in [0.2, 0.25) is 11.8 Å². The molecule has 0 amide bonds. The molecular weight excluding hydrogens is 299 g/mol. The second-order valence-electron chi connectivity index (χ2n) is 4.36. The first-order valence-electron chi connectivity index (χ1n) is 6.09. The van der Waals surface area contributed by atoms with Gasteiger partial charge in [-0.1, -0.05) is 12.1 Å². The molecule has 0 fully saturated rings. The number of nitrogens with zero attached hydrogens (tertiary/aromatic N) is 2. The lowest BCUT2D eigenvalue weighted by molar-refractivity contribution is -0.136. The molecule has 6 nitrogen and oxygen atoms in total. The average molecular weight is 311 g/mol. The van der Waals surface area contributed by atoms with Gasteiger partial charge in [-0.05, 0) is 19.1 Å². The van der Waals surface area contributed by atoms with Crippen molar-refractivity contribution in [2.45, 2.75) is 13.1 Å². The van der Waals surface area contributed by atoms with Crippen LogP contribution in [0.2, 0.25) is 0 Å². The molecule has 0 saturated carbocycles. The third kappa shape index (κ3) is 3.84. The fourth-order valence-corrected chi connectivity index (χ4v) is 1.72. The Bertz CT molecular complexity index is 682. The van der Waals surface area contributed by atoms with E-state index in [1.165, 1.54) is 24.3 Å². The number of halogens is 3. The number of alkyl halides is 3. The summed E-state index contributed by atoms with van der Waals surface area (Å²) in [4.78, 5) is 7.52. The summed E-state index contributed by atoms with van der Waals surface area (Å²) in [7, 11) is 0. The highest BCUT2D eigenvalue weighted by Crippen LogP contribution is 2.34. The molecular formula is C13H12F3N5O. The molecule has 0 atom stereocenters. The normalized spacial score (nSPS) is 11.1. The van der Waals surface area contributed by atoms with Crippen molar-refractivity contribution < 1.29 is 18.3 Å². The molecule has 116 valence electrons. The van der Waals surface area contributed by atoms with E-state index in [0.717, 1.165) is 6.07 Å². The highest BCUT2D eigenvalue weighted by atomic mass is 19.4. The maximum atomic E-state index is 12.8. The number of nitrogens with one attached hydrogen (secondary N) is 3. The van der Waals surface area contributed by atoms with E-state index in [0.29, 0.717) is 5.69 Å². The number of hydrogen-bond acceptors (Lipinski definition) is 4. The average Bonchev–Trinajstić information content (AvgIpc) is 2.36. The summed E-state index contributed by atoms with van der Waals surface area (Å²) in [5, 5.41) is 21.6. The smallest absolute Gasteiger partial charge is 0.418 e. The molecule has 4 N–H and O–H groups in total. The maximum absolute atomic E-state index is 12.8. The number of aromatic hydroxyl groups is 1. The minimum atomic E-state index is -4.54. The monoisotopic (exact) mass is 311 g/mol. The van der Waals surface area contributed by atoms with Crippen molar-refractivity contribution in [1.29, 1.82) is 5.41 Å². The lowest BCUT2D eigenvalue weighted by Crippen LogP contribution is -2.23. The second kappa shape index (κ2) is 5.88. The molecule has 0 unspecified atom stereocenters. The summed E-state index contributed by atoms with van der Waals surface area (Å²) < 4.78 is 38.5. The topological polar surface area (TPSA) is 93.9 Å². The van der Waals surface area contributed by atoms with E-state index >= 15 is 0 Å². The molecule has 1 aromatic heterocycles. The molecule has 0 saturated heterocycles. The summed E-state index contributed by atoms with van der Waals surface area (Å²) in [6.45, 7) is 1.60. The van der Waals surface area contributed by atoms with Gasteiger partial charge in [0.25, 0.3) is 0 Å². The highest BCUT2D eigenvalue weighted by molar-refractivity contribution is 6.00. The van der Waals surface area contributed by atoms with Crippen LogP contribution in [0, 0.1) is 12.3 Å². The molecule has 0 aliphatic heterocycles. The van der Waals surface area contributed by atoms with Gasteiger partial charge in [-0.15, -0.1) is 0 Å². The molecule has 9 heteroatoms. The molecule has 1 heterocycles. The first kappa shape index (κ1) is 15.5. The molecule has 0 aliphatic rings. The van der Waals surface area contributed by atoms with Crippen LogP contribution in [0.15, 0.2) is 30.3 Å². The fourth-order valence-electron chi connectivity index (χ4n) is 1.72. The zero-order valence-electron chi connectivity index (χ0n) is 11.4. The summed E-state index contributed by atoms with van der Waals surface area (Å²) >= 11 is 0. The number of guanidine groups is 1. The van der Waals surface area contributed by atoms with Crippen molar-refractivity contribution in [3.8, 4) is 5.88 Å². The predicted octanol–water partition coefficient (Wildman–Crippen LogP) is 2.97. The Kier molecular flexibility index (Phi) is 4.15. The van der Waals surface area contributed by atoms with Gasteiger partial charge in [0, 0.05) is 11.8 Å². The maximum Gasteiger partial charge on any atom is 0.418 e. The minimum absolute atomic E-state index is 0.0977. The van der Waals surface area contributed by atoms with Crippen LogP contribution in [0.4, 0.5) is 24.8 Å². The molecule has 0 aliphatic carbocycles. The highest BCUT2D eigenvalue weighted by Gasteiger charge is 2.33. The molecule has 0 bridgehead atoms. The molecule has 2 rings (SSSR count). The van der Waals surface area contributed by atoms with E-state index in [2.05, 4.69) is 20.6 Å². The van der Waals surface area contributed by atoms with Crippen LogP contribution >= 0.6 is 0 Å². The molecule has 1 aromatic carbocycles.